The molecule has 0 spiro atoms. The van der Waals surface area contributed by atoms with Gasteiger partial charge in [-0.3, -0.25) is 4.99 Å². The highest BCUT2D eigenvalue weighted by molar-refractivity contribution is 7.99. The van der Waals surface area contributed by atoms with Crippen LogP contribution in [0.25, 0.3) is 0 Å². The van der Waals surface area contributed by atoms with Gasteiger partial charge in [0.05, 0.1) is 5.75 Å². The number of halogens is 1. The van der Waals surface area contributed by atoms with E-state index in [2.05, 4.69) is 20.3 Å². The summed E-state index contributed by atoms with van der Waals surface area (Å²) in [6.07, 6.45) is 3.48. The minimum atomic E-state index is -3.23. The minimum absolute atomic E-state index is 0.0416. The average Bonchev–Trinajstić information content (AvgIpc) is 2.57. The Morgan fingerprint density at radius 2 is 1.92 bits per heavy atom. The predicted molar refractivity (Wildman–Crippen MR) is 111 cm³/mol. The summed E-state index contributed by atoms with van der Waals surface area (Å²) in [5, 5.41) is 6.95. The minimum Gasteiger partial charge on any atom is -0.356 e. The number of aliphatic imine (C=N–C) groups is 1. The second-order valence-electron chi connectivity index (χ2n) is 6.19. The molecule has 0 atom stereocenters. The van der Waals surface area contributed by atoms with Gasteiger partial charge in [0.2, 0.25) is 10.0 Å². The Kier molecular flexibility index (Phi) is 9.04. The molecule has 0 unspecified atom stereocenters. The lowest BCUT2D eigenvalue weighted by atomic mass is 9.86. The number of nitrogens with one attached hydrogen (secondary N) is 3. The van der Waals surface area contributed by atoms with Crippen molar-refractivity contribution in [2.24, 2.45) is 10.9 Å². The van der Waals surface area contributed by atoms with Crippen molar-refractivity contribution in [2.75, 3.05) is 38.2 Å². The molecule has 1 aromatic rings. The van der Waals surface area contributed by atoms with Gasteiger partial charge < -0.3 is 10.6 Å². The number of hydrogen-bond donors (Lipinski definition) is 3. The van der Waals surface area contributed by atoms with Crippen LogP contribution in [0.3, 0.4) is 0 Å². The van der Waals surface area contributed by atoms with E-state index in [1.54, 1.807) is 18.8 Å². The number of guanidine groups is 1. The molecule has 0 amide bonds. The van der Waals surface area contributed by atoms with Crippen LogP contribution in [0.15, 0.2) is 34.2 Å². The molecule has 0 heterocycles. The second-order valence-corrected chi connectivity index (χ2v) is 9.72. The normalized spacial score (nSPS) is 15.5. The van der Waals surface area contributed by atoms with E-state index in [4.69, 9.17) is 11.6 Å². The van der Waals surface area contributed by atoms with E-state index in [9.17, 15) is 8.42 Å². The van der Waals surface area contributed by atoms with Crippen molar-refractivity contribution >= 4 is 39.3 Å². The fourth-order valence-electron chi connectivity index (χ4n) is 2.41. The Hall–Kier alpha value is -0.960. The number of nitrogens with zero attached hydrogens (tertiary/aromatic N) is 1. The highest BCUT2D eigenvalue weighted by Gasteiger charge is 2.19. The lowest BCUT2D eigenvalue weighted by molar-refractivity contribution is 0.316. The average molecular weight is 419 g/mol. The van der Waals surface area contributed by atoms with Crippen LogP contribution >= 0.6 is 23.4 Å². The maximum atomic E-state index is 12.0. The maximum absolute atomic E-state index is 12.0. The number of thioether (sulfide) groups is 1. The Bertz CT molecular complexity index is 677. The van der Waals surface area contributed by atoms with E-state index in [1.807, 2.05) is 24.3 Å². The highest BCUT2D eigenvalue weighted by atomic mass is 35.5. The smallest absolute Gasteiger partial charge is 0.213 e. The fraction of sp³-hybridized carbons (Fsp3) is 0.588. The molecule has 1 fully saturated rings. The Morgan fingerprint density at radius 3 is 2.54 bits per heavy atom. The van der Waals surface area contributed by atoms with Crippen molar-refractivity contribution in [1.29, 1.82) is 0 Å². The predicted octanol–water partition coefficient (Wildman–Crippen LogP) is 2.32. The summed E-state index contributed by atoms with van der Waals surface area (Å²) in [6.45, 7) is 1.61. The number of hydrogen-bond acceptors (Lipinski definition) is 4. The zero-order chi connectivity index (χ0) is 18.8. The first-order valence-corrected chi connectivity index (χ1v) is 11.8. The first-order chi connectivity index (χ1) is 12.5. The molecule has 1 aliphatic carbocycles. The topological polar surface area (TPSA) is 82.6 Å². The summed E-state index contributed by atoms with van der Waals surface area (Å²) in [4.78, 5) is 5.27. The van der Waals surface area contributed by atoms with Crippen molar-refractivity contribution in [3.05, 3.63) is 29.3 Å². The van der Waals surface area contributed by atoms with Gasteiger partial charge in [0.15, 0.2) is 5.96 Å². The van der Waals surface area contributed by atoms with Gasteiger partial charge in [-0.05, 0) is 43.0 Å². The third kappa shape index (κ3) is 8.16. The van der Waals surface area contributed by atoms with Gasteiger partial charge in [-0.15, -0.1) is 11.8 Å². The molecule has 2 rings (SSSR count). The first kappa shape index (κ1) is 21.3. The molecule has 0 radical (unpaired) electrons. The molecule has 1 aliphatic rings. The molecule has 1 aromatic carbocycles. The van der Waals surface area contributed by atoms with Crippen molar-refractivity contribution in [1.82, 2.24) is 15.4 Å². The van der Waals surface area contributed by atoms with Gasteiger partial charge in [0, 0.05) is 42.4 Å². The van der Waals surface area contributed by atoms with Crippen LogP contribution in [-0.4, -0.2) is 52.6 Å². The molecule has 0 aliphatic heterocycles. The summed E-state index contributed by atoms with van der Waals surface area (Å²) in [5.74, 6) is 2.03. The Labute approximate surface area is 165 Å². The van der Waals surface area contributed by atoms with Gasteiger partial charge in [-0.1, -0.05) is 18.0 Å². The van der Waals surface area contributed by atoms with E-state index in [0.717, 1.165) is 35.1 Å². The maximum Gasteiger partial charge on any atom is 0.213 e. The van der Waals surface area contributed by atoms with Crippen LogP contribution < -0.4 is 15.4 Å². The summed E-state index contributed by atoms with van der Waals surface area (Å²) in [7, 11) is -1.56. The second kappa shape index (κ2) is 11.0. The third-order valence-electron chi connectivity index (χ3n) is 4.18. The van der Waals surface area contributed by atoms with E-state index in [0.29, 0.717) is 25.0 Å². The van der Waals surface area contributed by atoms with Crippen molar-refractivity contribution < 1.29 is 8.42 Å². The lowest BCUT2D eigenvalue weighted by Gasteiger charge is -2.25. The zero-order valence-corrected chi connectivity index (χ0v) is 17.4. The summed E-state index contributed by atoms with van der Waals surface area (Å²) < 4.78 is 26.6. The van der Waals surface area contributed by atoms with Gasteiger partial charge in [0.25, 0.3) is 0 Å². The molecule has 26 heavy (non-hydrogen) atoms. The SMILES string of the molecule is CN=C(NCCSc1ccc(Cl)cc1)NCCS(=O)(=O)NCC1CCC1. The fourth-order valence-corrected chi connectivity index (χ4v) is 4.31. The van der Waals surface area contributed by atoms with Crippen LogP contribution in [0, 0.1) is 5.92 Å². The van der Waals surface area contributed by atoms with Gasteiger partial charge in [-0.2, -0.15) is 0 Å². The van der Waals surface area contributed by atoms with E-state index < -0.39 is 10.0 Å². The van der Waals surface area contributed by atoms with Crippen molar-refractivity contribution in [3.8, 4) is 0 Å². The van der Waals surface area contributed by atoms with Crippen LogP contribution in [0.1, 0.15) is 19.3 Å². The lowest BCUT2D eigenvalue weighted by Crippen LogP contribution is -2.42. The van der Waals surface area contributed by atoms with E-state index >= 15 is 0 Å². The highest BCUT2D eigenvalue weighted by Crippen LogP contribution is 2.25. The summed E-state index contributed by atoms with van der Waals surface area (Å²) >= 11 is 7.58. The van der Waals surface area contributed by atoms with E-state index in [1.165, 1.54) is 6.42 Å². The van der Waals surface area contributed by atoms with E-state index in [-0.39, 0.29) is 5.75 Å². The van der Waals surface area contributed by atoms with Gasteiger partial charge >= 0.3 is 0 Å². The standard InChI is InChI=1S/C17H27ClN4O2S2/c1-19-17(20-9-11-25-16-7-5-15(18)6-8-16)21-10-12-26(23,24)22-13-14-3-2-4-14/h5-8,14,22H,2-4,9-13H2,1H3,(H2,19,20,21). The monoisotopic (exact) mass is 418 g/mol. The molecule has 0 aromatic heterocycles. The molecular formula is C17H27ClN4O2S2. The van der Waals surface area contributed by atoms with Gasteiger partial charge in [0.1, 0.15) is 0 Å². The molecule has 1 saturated carbocycles. The largest absolute Gasteiger partial charge is 0.356 e. The molecule has 0 saturated heterocycles. The summed E-state index contributed by atoms with van der Waals surface area (Å²) in [6, 6.07) is 7.72. The first-order valence-electron chi connectivity index (χ1n) is 8.79. The summed E-state index contributed by atoms with van der Waals surface area (Å²) in [5.41, 5.74) is 0. The quantitative estimate of drug-likeness (QED) is 0.235. The molecule has 3 N–H and O–H groups in total. The molecule has 0 bridgehead atoms. The molecule has 6 nitrogen and oxygen atoms in total. The number of benzene rings is 1. The van der Waals surface area contributed by atoms with Crippen molar-refractivity contribution in [2.45, 2.75) is 24.2 Å². The molecular weight excluding hydrogens is 392 g/mol. The molecule has 146 valence electrons. The van der Waals surface area contributed by atoms with Crippen LogP contribution in [0.4, 0.5) is 0 Å². The Balaban J connectivity index is 1.58. The number of rotatable bonds is 10. The van der Waals surface area contributed by atoms with Crippen LogP contribution in [0.2, 0.25) is 5.02 Å². The van der Waals surface area contributed by atoms with Gasteiger partial charge in [-0.25, -0.2) is 13.1 Å². The Morgan fingerprint density at radius 1 is 1.23 bits per heavy atom. The molecule has 9 heteroatoms. The third-order valence-corrected chi connectivity index (χ3v) is 6.79. The van der Waals surface area contributed by atoms with Crippen LogP contribution in [0.5, 0.6) is 0 Å². The zero-order valence-electron chi connectivity index (χ0n) is 15.0. The van der Waals surface area contributed by atoms with Crippen LogP contribution in [-0.2, 0) is 10.0 Å². The number of sulfonamides is 1. The van der Waals surface area contributed by atoms with Crippen molar-refractivity contribution in [3.63, 3.8) is 0 Å².